The minimum Gasteiger partial charge on any atom is -0.480 e. The summed E-state index contributed by atoms with van der Waals surface area (Å²) in [6, 6.07) is -0.952. The molecule has 11 heteroatoms. The summed E-state index contributed by atoms with van der Waals surface area (Å²) in [6.45, 7) is 4.88. The van der Waals surface area contributed by atoms with E-state index in [0.717, 1.165) is 10.9 Å². The van der Waals surface area contributed by atoms with E-state index >= 15 is 0 Å². The van der Waals surface area contributed by atoms with E-state index < -0.39 is 33.4 Å². The predicted octanol–water partition coefficient (Wildman–Crippen LogP) is -1.06. The van der Waals surface area contributed by atoms with E-state index in [2.05, 4.69) is 20.4 Å². The summed E-state index contributed by atoms with van der Waals surface area (Å²) in [7, 11) is -3.55. The van der Waals surface area contributed by atoms with Gasteiger partial charge < -0.3 is 10.4 Å². The lowest BCUT2D eigenvalue weighted by Gasteiger charge is -2.29. The third kappa shape index (κ3) is 6.74. The summed E-state index contributed by atoms with van der Waals surface area (Å²) in [5.41, 5.74) is -0.264. The van der Waals surface area contributed by atoms with Gasteiger partial charge in [-0.15, -0.1) is 5.10 Å². The maximum Gasteiger partial charge on any atom is 0.325 e. The summed E-state index contributed by atoms with van der Waals surface area (Å²) < 4.78 is 26.2. The number of sulfonamides is 1. The quantitative estimate of drug-likeness (QED) is 0.570. The minimum atomic E-state index is -3.55. The van der Waals surface area contributed by atoms with Crippen molar-refractivity contribution in [2.75, 3.05) is 6.26 Å². The molecule has 0 spiro atoms. The third-order valence-electron chi connectivity index (χ3n) is 2.79. The van der Waals surface area contributed by atoms with Crippen LogP contribution < -0.4 is 10.0 Å². The van der Waals surface area contributed by atoms with Gasteiger partial charge in [-0.25, -0.2) is 17.8 Å². The van der Waals surface area contributed by atoms with Gasteiger partial charge in [0.25, 0.3) is 0 Å². The van der Waals surface area contributed by atoms with Crippen molar-refractivity contribution >= 4 is 21.9 Å². The highest BCUT2D eigenvalue weighted by molar-refractivity contribution is 7.88. The van der Waals surface area contributed by atoms with Gasteiger partial charge in [0.05, 0.1) is 19.0 Å². The number of rotatable bonds is 7. The van der Waals surface area contributed by atoms with E-state index in [9.17, 15) is 18.0 Å². The summed E-state index contributed by atoms with van der Waals surface area (Å²) in [5.74, 6) is -1.56. The Hall–Kier alpha value is -2.01. The molecule has 0 fully saturated rings. The van der Waals surface area contributed by atoms with Crippen molar-refractivity contribution in [1.82, 2.24) is 25.0 Å². The first-order chi connectivity index (χ1) is 10.4. The molecule has 1 atom stereocenters. The molecular formula is C12H21N5O5S. The van der Waals surface area contributed by atoms with Crippen LogP contribution in [0.5, 0.6) is 0 Å². The van der Waals surface area contributed by atoms with Crippen LogP contribution in [-0.2, 0) is 32.7 Å². The van der Waals surface area contributed by atoms with Crippen molar-refractivity contribution in [2.24, 2.45) is 5.41 Å². The third-order valence-corrected chi connectivity index (χ3v) is 3.45. The van der Waals surface area contributed by atoms with E-state index in [0.29, 0.717) is 5.69 Å². The van der Waals surface area contributed by atoms with E-state index in [1.165, 1.54) is 6.20 Å². The van der Waals surface area contributed by atoms with Gasteiger partial charge >= 0.3 is 5.97 Å². The number of aliphatic carboxylic acids is 1. The Kier molecular flexibility index (Phi) is 5.83. The highest BCUT2D eigenvalue weighted by atomic mass is 32.2. The molecule has 1 unspecified atom stereocenters. The van der Waals surface area contributed by atoms with E-state index in [-0.39, 0.29) is 13.1 Å². The fourth-order valence-electron chi connectivity index (χ4n) is 1.75. The minimum absolute atomic E-state index is 0.0104. The fourth-order valence-corrected chi connectivity index (χ4v) is 2.64. The summed E-state index contributed by atoms with van der Waals surface area (Å²) >= 11 is 0. The molecule has 1 amide bonds. The van der Waals surface area contributed by atoms with Gasteiger partial charge in [-0.1, -0.05) is 26.0 Å². The Labute approximate surface area is 134 Å². The Morgan fingerprint density at radius 3 is 2.48 bits per heavy atom. The van der Waals surface area contributed by atoms with Gasteiger partial charge in [0.2, 0.25) is 15.9 Å². The number of nitrogens with zero attached hydrogens (tertiary/aromatic N) is 3. The van der Waals surface area contributed by atoms with Crippen molar-refractivity contribution in [3.63, 3.8) is 0 Å². The van der Waals surface area contributed by atoms with Crippen LogP contribution in [0, 0.1) is 5.41 Å². The van der Waals surface area contributed by atoms with Crippen LogP contribution in [0.25, 0.3) is 0 Å². The van der Waals surface area contributed by atoms with Crippen molar-refractivity contribution in [1.29, 1.82) is 0 Å². The summed E-state index contributed by atoms with van der Waals surface area (Å²) in [5, 5.41) is 18.6. The smallest absolute Gasteiger partial charge is 0.325 e. The zero-order chi connectivity index (χ0) is 17.8. The zero-order valence-corrected chi connectivity index (χ0v) is 14.2. The lowest BCUT2D eigenvalue weighted by molar-refractivity contribution is -0.138. The molecule has 1 aromatic rings. The van der Waals surface area contributed by atoms with Gasteiger partial charge in [0.15, 0.2) is 0 Å². The second-order valence-electron chi connectivity index (χ2n) is 6.21. The molecule has 0 saturated carbocycles. The van der Waals surface area contributed by atoms with Crippen LogP contribution in [0.3, 0.4) is 0 Å². The van der Waals surface area contributed by atoms with E-state index in [1.54, 1.807) is 20.8 Å². The van der Waals surface area contributed by atoms with Crippen LogP contribution in [0.4, 0.5) is 0 Å². The van der Waals surface area contributed by atoms with Crippen LogP contribution in [-0.4, -0.2) is 52.7 Å². The largest absolute Gasteiger partial charge is 0.480 e. The summed E-state index contributed by atoms with van der Waals surface area (Å²) in [4.78, 5) is 22.8. The first kappa shape index (κ1) is 19.0. The number of carboxylic acids is 1. The lowest BCUT2D eigenvalue weighted by Crippen LogP contribution is -2.53. The number of carbonyl (C=O) groups is 2. The number of hydrogen-bond acceptors (Lipinski definition) is 6. The molecule has 0 aliphatic carbocycles. The first-order valence-electron chi connectivity index (χ1n) is 6.74. The first-order valence-corrected chi connectivity index (χ1v) is 8.63. The second-order valence-corrected chi connectivity index (χ2v) is 7.99. The molecule has 0 aromatic carbocycles. The standard InChI is InChI=1S/C12H21N5O5S/c1-12(2,3)10(15-23(4,21)22)11(20)13-5-8-6-17(16-14-8)7-9(18)19/h6,10,15H,5,7H2,1-4H3,(H,13,20)(H,18,19). The van der Waals surface area contributed by atoms with Crippen LogP contribution in [0.15, 0.2) is 6.20 Å². The average Bonchev–Trinajstić information content (AvgIpc) is 2.77. The molecule has 0 aliphatic heterocycles. The number of hydrogen-bond donors (Lipinski definition) is 3. The van der Waals surface area contributed by atoms with Gasteiger partial charge in [0.1, 0.15) is 18.3 Å². The SMILES string of the molecule is CC(C)(C)C(NS(C)(=O)=O)C(=O)NCc1cn(CC(=O)O)nn1. The van der Waals surface area contributed by atoms with E-state index in [4.69, 9.17) is 5.11 Å². The number of aromatic nitrogens is 3. The number of carboxylic acid groups (broad SMARTS) is 1. The van der Waals surface area contributed by atoms with E-state index in [1.807, 2.05) is 0 Å². The lowest BCUT2D eigenvalue weighted by atomic mass is 9.87. The van der Waals surface area contributed by atoms with Crippen molar-refractivity contribution < 1.29 is 23.1 Å². The highest BCUT2D eigenvalue weighted by Crippen LogP contribution is 2.20. The van der Waals surface area contributed by atoms with Crippen molar-refractivity contribution in [3.8, 4) is 0 Å². The highest BCUT2D eigenvalue weighted by Gasteiger charge is 2.33. The van der Waals surface area contributed by atoms with Gasteiger partial charge in [-0.3, -0.25) is 9.59 Å². The maximum atomic E-state index is 12.2. The molecule has 1 aromatic heterocycles. The van der Waals surface area contributed by atoms with Crippen LogP contribution in [0.1, 0.15) is 26.5 Å². The molecule has 3 N–H and O–H groups in total. The number of amides is 1. The maximum absolute atomic E-state index is 12.2. The van der Waals surface area contributed by atoms with Crippen molar-refractivity contribution in [3.05, 3.63) is 11.9 Å². The number of nitrogens with one attached hydrogen (secondary N) is 2. The summed E-state index contributed by atoms with van der Waals surface area (Å²) in [6.07, 6.45) is 2.38. The molecular weight excluding hydrogens is 326 g/mol. The topological polar surface area (TPSA) is 143 Å². The van der Waals surface area contributed by atoms with Crippen LogP contribution in [0.2, 0.25) is 0 Å². The predicted molar refractivity (Wildman–Crippen MR) is 80.7 cm³/mol. The van der Waals surface area contributed by atoms with Crippen molar-refractivity contribution in [2.45, 2.75) is 39.9 Å². The zero-order valence-electron chi connectivity index (χ0n) is 13.4. The molecule has 130 valence electrons. The Balaban J connectivity index is 2.72. The van der Waals surface area contributed by atoms with Gasteiger partial charge in [0, 0.05) is 0 Å². The molecule has 0 aliphatic rings. The normalized spacial score (nSPS) is 13.6. The Morgan fingerprint density at radius 1 is 1.39 bits per heavy atom. The number of carbonyl (C=O) groups excluding carboxylic acids is 1. The monoisotopic (exact) mass is 347 g/mol. The molecule has 10 nitrogen and oxygen atoms in total. The second kappa shape index (κ2) is 7.04. The molecule has 1 heterocycles. The Morgan fingerprint density at radius 2 is 2.00 bits per heavy atom. The molecule has 23 heavy (non-hydrogen) atoms. The molecule has 0 radical (unpaired) electrons. The van der Waals surface area contributed by atoms with Gasteiger partial charge in [-0.05, 0) is 5.41 Å². The fraction of sp³-hybridized carbons (Fsp3) is 0.667. The Bertz CT molecular complexity index is 676. The van der Waals surface area contributed by atoms with Gasteiger partial charge in [-0.2, -0.15) is 0 Å². The van der Waals surface area contributed by atoms with Crippen LogP contribution >= 0.6 is 0 Å². The average molecular weight is 347 g/mol. The molecule has 0 saturated heterocycles. The molecule has 1 rings (SSSR count). The molecule has 0 bridgehead atoms.